The topological polar surface area (TPSA) is 52.3 Å². The van der Waals surface area contributed by atoms with Gasteiger partial charge in [0.2, 0.25) is 0 Å². The third-order valence-corrected chi connectivity index (χ3v) is 3.35. The number of hydrogen-bond acceptors (Lipinski definition) is 4. The molecule has 0 aliphatic heterocycles. The summed E-state index contributed by atoms with van der Waals surface area (Å²) in [5, 5.41) is 4.04. The van der Waals surface area contributed by atoms with Crippen LogP contribution < -0.4 is 0 Å². The molecule has 4 nitrogen and oxygen atoms in total. The smallest absolute Gasteiger partial charge is 0.341 e. The van der Waals surface area contributed by atoms with Gasteiger partial charge in [-0.25, -0.2) is 9.18 Å². The minimum absolute atomic E-state index is 0.114. The van der Waals surface area contributed by atoms with E-state index in [0.717, 1.165) is 11.6 Å². The van der Waals surface area contributed by atoms with Crippen molar-refractivity contribution in [3.63, 3.8) is 0 Å². The van der Waals surface area contributed by atoms with E-state index in [1.807, 2.05) is 30.3 Å². The lowest BCUT2D eigenvalue weighted by atomic mass is 10.2. The quantitative estimate of drug-likeness (QED) is 0.661. The first-order valence-electron chi connectivity index (χ1n) is 6.76. The Balaban J connectivity index is 1.67. The second kappa shape index (κ2) is 6.62. The number of carbonyl (C=O) groups is 1. The van der Waals surface area contributed by atoms with Crippen LogP contribution in [0, 0.1) is 5.82 Å². The highest BCUT2D eigenvalue weighted by Crippen LogP contribution is 2.20. The van der Waals surface area contributed by atoms with Crippen LogP contribution in [0.5, 0.6) is 0 Å². The van der Waals surface area contributed by atoms with Gasteiger partial charge in [-0.1, -0.05) is 47.1 Å². The highest BCUT2D eigenvalue weighted by molar-refractivity contribution is 6.30. The number of ether oxygens (including phenoxy) is 1. The molecule has 0 saturated carbocycles. The van der Waals surface area contributed by atoms with Gasteiger partial charge in [-0.2, -0.15) is 0 Å². The molecule has 1 heterocycles. The summed E-state index contributed by atoms with van der Waals surface area (Å²) < 4.78 is 23.9. The number of benzene rings is 2. The second-order valence-electron chi connectivity index (χ2n) is 4.75. The standard InChI is InChI=1S/C17H11ClFNO3/c18-12-6-7-14(15(19)8-12)17(21)22-10-13-9-16(23-20-13)11-4-2-1-3-5-11/h1-9H,10H2. The fourth-order valence-corrected chi connectivity index (χ4v) is 2.15. The normalized spacial score (nSPS) is 10.5. The van der Waals surface area contributed by atoms with Crippen LogP contribution in [0.25, 0.3) is 11.3 Å². The van der Waals surface area contributed by atoms with Crippen LogP contribution in [0.4, 0.5) is 4.39 Å². The molecule has 1 aromatic heterocycles. The Bertz CT molecular complexity index is 833. The van der Waals surface area contributed by atoms with E-state index in [0.29, 0.717) is 11.5 Å². The van der Waals surface area contributed by atoms with E-state index in [9.17, 15) is 9.18 Å². The van der Waals surface area contributed by atoms with E-state index >= 15 is 0 Å². The van der Waals surface area contributed by atoms with Crippen LogP contribution in [-0.2, 0) is 11.3 Å². The zero-order valence-corrected chi connectivity index (χ0v) is 12.6. The summed E-state index contributed by atoms with van der Waals surface area (Å²) in [4.78, 5) is 11.9. The average molecular weight is 332 g/mol. The summed E-state index contributed by atoms with van der Waals surface area (Å²) in [5.41, 5.74) is 1.12. The summed E-state index contributed by atoms with van der Waals surface area (Å²) in [5.74, 6) is -0.953. The molecule has 0 bridgehead atoms. The number of halogens is 2. The summed E-state index contributed by atoms with van der Waals surface area (Å²) >= 11 is 5.64. The van der Waals surface area contributed by atoms with Crippen LogP contribution in [0.2, 0.25) is 5.02 Å². The first-order chi connectivity index (χ1) is 11.1. The Morgan fingerprint density at radius 3 is 2.70 bits per heavy atom. The lowest BCUT2D eigenvalue weighted by Crippen LogP contribution is -2.07. The maximum atomic E-state index is 13.6. The molecule has 2 aromatic carbocycles. The summed E-state index contributed by atoms with van der Waals surface area (Å²) in [6.07, 6.45) is 0. The molecule has 0 N–H and O–H groups in total. The maximum absolute atomic E-state index is 13.6. The number of esters is 1. The first kappa shape index (κ1) is 15.2. The Kier molecular flexibility index (Phi) is 4.39. The van der Waals surface area contributed by atoms with Gasteiger partial charge in [0, 0.05) is 16.7 Å². The van der Waals surface area contributed by atoms with Crippen LogP contribution >= 0.6 is 11.6 Å². The molecule has 0 amide bonds. The van der Waals surface area contributed by atoms with Gasteiger partial charge in [0.25, 0.3) is 0 Å². The van der Waals surface area contributed by atoms with E-state index in [1.165, 1.54) is 12.1 Å². The van der Waals surface area contributed by atoms with E-state index < -0.39 is 11.8 Å². The molecule has 0 unspecified atom stereocenters. The van der Waals surface area contributed by atoms with Crippen LogP contribution in [0.15, 0.2) is 59.1 Å². The predicted octanol–water partition coefficient (Wildman–Crippen LogP) is 4.49. The van der Waals surface area contributed by atoms with Gasteiger partial charge in [-0.15, -0.1) is 0 Å². The highest BCUT2D eigenvalue weighted by Gasteiger charge is 2.15. The Morgan fingerprint density at radius 1 is 1.17 bits per heavy atom. The van der Waals surface area contributed by atoms with Gasteiger partial charge in [0.1, 0.15) is 18.1 Å². The lowest BCUT2D eigenvalue weighted by Gasteiger charge is -2.03. The molecule has 0 atom stereocenters. The summed E-state index contributed by atoms with van der Waals surface area (Å²) in [6.45, 7) is -0.114. The molecule has 23 heavy (non-hydrogen) atoms. The van der Waals surface area contributed by atoms with Crippen molar-refractivity contribution >= 4 is 17.6 Å². The minimum Gasteiger partial charge on any atom is -0.455 e. The summed E-state index contributed by atoms with van der Waals surface area (Å²) in [7, 11) is 0. The van der Waals surface area contributed by atoms with Gasteiger partial charge in [0.05, 0.1) is 5.56 Å². The lowest BCUT2D eigenvalue weighted by molar-refractivity contribution is 0.0459. The average Bonchev–Trinajstić information content (AvgIpc) is 3.02. The molecule has 116 valence electrons. The van der Waals surface area contributed by atoms with Gasteiger partial charge in [-0.05, 0) is 18.2 Å². The number of hydrogen-bond donors (Lipinski definition) is 0. The van der Waals surface area contributed by atoms with E-state index in [2.05, 4.69) is 5.16 Å². The van der Waals surface area contributed by atoms with Gasteiger partial charge in [0.15, 0.2) is 5.76 Å². The van der Waals surface area contributed by atoms with Crippen LogP contribution in [-0.4, -0.2) is 11.1 Å². The molecular formula is C17H11ClFNO3. The highest BCUT2D eigenvalue weighted by atomic mass is 35.5. The monoisotopic (exact) mass is 331 g/mol. The molecule has 0 aliphatic rings. The first-order valence-corrected chi connectivity index (χ1v) is 7.14. The fourth-order valence-electron chi connectivity index (χ4n) is 1.99. The molecular weight excluding hydrogens is 321 g/mol. The van der Waals surface area contributed by atoms with Crippen molar-refractivity contribution < 1.29 is 18.4 Å². The van der Waals surface area contributed by atoms with Gasteiger partial charge in [-0.3, -0.25) is 0 Å². The molecule has 0 saturated heterocycles. The molecule has 0 radical (unpaired) electrons. The summed E-state index contributed by atoms with van der Waals surface area (Å²) in [6, 6.07) is 14.8. The number of rotatable bonds is 4. The largest absolute Gasteiger partial charge is 0.455 e. The van der Waals surface area contributed by atoms with Crippen LogP contribution in [0.1, 0.15) is 16.1 Å². The SMILES string of the molecule is O=C(OCc1cc(-c2ccccc2)on1)c1ccc(Cl)cc1F. The van der Waals surface area contributed by atoms with Crippen molar-refractivity contribution in [1.82, 2.24) is 5.16 Å². The fraction of sp³-hybridized carbons (Fsp3) is 0.0588. The zero-order valence-electron chi connectivity index (χ0n) is 11.8. The molecule has 0 fully saturated rings. The van der Waals surface area contributed by atoms with Crippen molar-refractivity contribution in [3.05, 3.63) is 76.7 Å². The van der Waals surface area contributed by atoms with Crippen molar-refractivity contribution in [2.75, 3.05) is 0 Å². The van der Waals surface area contributed by atoms with Crippen molar-refractivity contribution in [2.24, 2.45) is 0 Å². The zero-order chi connectivity index (χ0) is 16.2. The Hall–Kier alpha value is -2.66. The number of nitrogens with zero attached hydrogens (tertiary/aromatic N) is 1. The maximum Gasteiger partial charge on any atom is 0.341 e. The van der Waals surface area contributed by atoms with Crippen molar-refractivity contribution in [1.29, 1.82) is 0 Å². The van der Waals surface area contributed by atoms with Crippen molar-refractivity contribution in [2.45, 2.75) is 6.61 Å². The van der Waals surface area contributed by atoms with Crippen LogP contribution in [0.3, 0.4) is 0 Å². The second-order valence-corrected chi connectivity index (χ2v) is 5.19. The van der Waals surface area contributed by atoms with E-state index in [-0.39, 0.29) is 17.2 Å². The predicted molar refractivity (Wildman–Crippen MR) is 82.5 cm³/mol. The molecule has 6 heteroatoms. The number of carbonyl (C=O) groups excluding carboxylic acids is 1. The Labute approximate surface area is 136 Å². The minimum atomic E-state index is -0.788. The molecule has 0 aliphatic carbocycles. The van der Waals surface area contributed by atoms with E-state index in [4.69, 9.17) is 20.9 Å². The number of aromatic nitrogens is 1. The molecule has 3 aromatic rings. The third-order valence-electron chi connectivity index (χ3n) is 3.12. The Morgan fingerprint density at radius 2 is 1.96 bits per heavy atom. The van der Waals surface area contributed by atoms with Gasteiger partial charge >= 0.3 is 5.97 Å². The van der Waals surface area contributed by atoms with Crippen molar-refractivity contribution in [3.8, 4) is 11.3 Å². The molecule has 3 rings (SSSR count). The molecule has 0 spiro atoms. The third kappa shape index (κ3) is 3.57. The van der Waals surface area contributed by atoms with E-state index in [1.54, 1.807) is 6.07 Å². The van der Waals surface area contributed by atoms with Gasteiger partial charge < -0.3 is 9.26 Å².